The normalized spacial score (nSPS) is 10.5. The van der Waals surface area contributed by atoms with E-state index >= 15 is 0 Å². The summed E-state index contributed by atoms with van der Waals surface area (Å²) in [6, 6.07) is 11.6. The van der Waals surface area contributed by atoms with E-state index in [1.807, 2.05) is 32.0 Å². The van der Waals surface area contributed by atoms with Crippen LogP contribution in [0.15, 0.2) is 36.4 Å². The summed E-state index contributed by atoms with van der Waals surface area (Å²) in [5.74, 6) is 0.237. The van der Waals surface area contributed by atoms with E-state index in [-0.39, 0.29) is 6.54 Å². The van der Waals surface area contributed by atoms with Gasteiger partial charge in [-0.15, -0.1) is 0 Å². The van der Waals surface area contributed by atoms with Crippen LogP contribution in [0.25, 0.3) is 0 Å². The molecule has 0 bridgehead atoms. The number of carboxylic acid groups (broad SMARTS) is 1. The molecule has 0 spiro atoms. The van der Waals surface area contributed by atoms with Gasteiger partial charge < -0.3 is 19.9 Å². The molecule has 0 unspecified atom stereocenters. The van der Waals surface area contributed by atoms with Crippen molar-refractivity contribution in [1.29, 1.82) is 0 Å². The average Bonchev–Trinajstić information content (AvgIpc) is 2.56. The summed E-state index contributed by atoms with van der Waals surface area (Å²) in [6.45, 7) is 5.03. The van der Waals surface area contributed by atoms with Crippen molar-refractivity contribution in [3.8, 4) is 11.5 Å². The number of benzene rings is 2. The van der Waals surface area contributed by atoms with Crippen molar-refractivity contribution in [2.24, 2.45) is 0 Å². The number of carboxylic acids is 1. The molecule has 0 heterocycles. The van der Waals surface area contributed by atoms with Gasteiger partial charge in [-0.3, -0.25) is 4.79 Å². The summed E-state index contributed by atoms with van der Waals surface area (Å²) in [7, 11) is 0. The minimum Gasteiger partial charge on any atom is -0.490 e. The Balaban J connectivity index is 2.13. The summed E-state index contributed by atoms with van der Waals surface area (Å²) in [6.07, 6.45) is 0. The monoisotopic (exact) mass is 363 g/mol. The van der Waals surface area contributed by atoms with Gasteiger partial charge in [0.15, 0.2) is 11.5 Å². The number of hydrogen-bond acceptors (Lipinski definition) is 4. The smallest absolute Gasteiger partial charge is 0.317 e. The van der Waals surface area contributed by atoms with E-state index in [0.717, 1.165) is 11.1 Å². The molecule has 134 valence electrons. The molecular formula is C19H22ClNO4. The van der Waals surface area contributed by atoms with Gasteiger partial charge >= 0.3 is 5.97 Å². The third kappa shape index (κ3) is 5.96. The molecule has 0 saturated heterocycles. The van der Waals surface area contributed by atoms with Gasteiger partial charge in [0.25, 0.3) is 0 Å². The van der Waals surface area contributed by atoms with Crippen LogP contribution in [0.2, 0.25) is 5.02 Å². The average molecular weight is 364 g/mol. The van der Waals surface area contributed by atoms with Crippen molar-refractivity contribution in [3.05, 3.63) is 58.1 Å². The maximum Gasteiger partial charge on any atom is 0.317 e. The fourth-order valence-electron chi connectivity index (χ4n) is 2.36. The number of rotatable bonds is 9. The van der Waals surface area contributed by atoms with Crippen LogP contribution in [0.3, 0.4) is 0 Å². The molecule has 0 amide bonds. The molecule has 0 fully saturated rings. The number of hydrogen-bond donors (Lipinski definition) is 2. The number of halogens is 1. The van der Waals surface area contributed by atoms with E-state index in [1.54, 1.807) is 12.1 Å². The minimum atomic E-state index is -0.917. The molecule has 0 saturated carbocycles. The van der Waals surface area contributed by atoms with Gasteiger partial charge in [0.05, 0.1) is 13.2 Å². The first-order chi connectivity index (χ1) is 12.0. The predicted molar refractivity (Wildman–Crippen MR) is 97.5 cm³/mol. The Labute approximate surface area is 152 Å². The Kier molecular flexibility index (Phi) is 7.10. The van der Waals surface area contributed by atoms with Gasteiger partial charge in [0.2, 0.25) is 0 Å². The van der Waals surface area contributed by atoms with Crippen molar-refractivity contribution >= 4 is 17.6 Å². The first kappa shape index (κ1) is 19.1. The zero-order valence-corrected chi connectivity index (χ0v) is 15.1. The van der Waals surface area contributed by atoms with E-state index < -0.39 is 5.97 Å². The van der Waals surface area contributed by atoms with Crippen LogP contribution >= 0.6 is 11.6 Å². The first-order valence-corrected chi connectivity index (χ1v) is 8.43. The molecule has 6 heteroatoms. The summed E-state index contributed by atoms with van der Waals surface area (Å²) in [5.41, 5.74) is 2.99. The highest BCUT2D eigenvalue weighted by atomic mass is 35.5. The van der Waals surface area contributed by atoms with Crippen LogP contribution in [-0.2, 0) is 17.9 Å². The van der Waals surface area contributed by atoms with Gasteiger partial charge in [0, 0.05) is 17.6 Å². The van der Waals surface area contributed by atoms with Gasteiger partial charge in [-0.1, -0.05) is 41.4 Å². The summed E-state index contributed by atoms with van der Waals surface area (Å²) in [5, 5.41) is 12.0. The van der Waals surface area contributed by atoms with E-state index in [2.05, 4.69) is 11.4 Å². The SMILES string of the molecule is CCOc1cc(CNCC(=O)O)c(Cl)cc1OCc1cccc(C)c1. The Morgan fingerprint density at radius 1 is 1.20 bits per heavy atom. The number of carbonyl (C=O) groups is 1. The number of nitrogens with one attached hydrogen (secondary N) is 1. The van der Waals surface area contributed by atoms with Crippen molar-refractivity contribution < 1.29 is 19.4 Å². The van der Waals surface area contributed by atoms with Crippen LogP contribution in [0.1, 0.15) is 23.6 Å². The molecule has 0 aromatic heterocycles. The largest absolute Gasteiger partial charge is 0.490 e. The van der Waals surface area contributed by atoms with Gasteiger partial charge in [-0.2, -0.15) is 0 Å². The zero-order valence-electron chi connectivity index (χ0n) is 14.3. The Morgan fingerprint density at radius 2 is 1.96 bits per heavy atom. The Morgan fingerprint density at radius 3 is 2.64 bits per heavy atom. The minimum absolute atomic E-state index is 0.133. The lowest BCUT2D eigenvalue weighted by atomic mass is 10.1. The summed E-state index contributed by atoms with van der Waals surface area (Å²) < 4.78 is 11.5. The highest BCUT2D eigenvalue weighted by molar-refractivity contribution is 6.31. The molecule has 0 aliphatic rings. The van der Waals surface area contributed by atoms with Gasteiger partial charge in [0.1, 0.15) is 6.61 Å². The maximum atomic E-state index is 10.6. The lowest BCUT2D eigenvalue weighted by Gasteiger charge is -2.15. The Hall–Kier alpha value is -2.24. The van der Waals surface area contributed by atoms with E-state index in [4.69, 9.17) is 26.2 Å². The second-order valence-corrected chi connectivity index (χ2v) is 6.01. The molecule has 0 atom stereocenters. The number of aryl methyl sites for hydroxylation is 1. The maximum absolute atomic E-state index is 10.6. The Bertz CT molecular complexity index is 733. The molecule has 2 aromatic carbocycles. The predicted octanol–water partition coefficient (Wildman–Crippen LogP) is 3.80. The van der Waals surface area contributed by atoms with Gasteiger partial charge in [-0.05, 0) is 31.0 Å². The molecular weight excluding hydrogens is 342 g/mol. The highest BCUT2D eigenvalue weighted by Gasteiger charge is 2.12. The quantitative estimate of drug-likeness (QED) is 0.709. The third-order valence-electron chi connectivity index (χ3n) is 3.48. The molecule has 2 rings (SSSR count). The van der Waals surface area contributed by atoms with Crippen molar-refractivity contribution in [2.75, 3.05) is 13.2 Å². The molecule has 5 nitrogen and oxygen atoms in total. The molecule has 0 radical (unpaired) electrons. The summed E-state index contributed by atoms with van der Waals surface area (Å²) >= 11 is 6.30. The molecule has 25 heavy (non-hydrogen) atoms. The second kappa shape index (κ2) is 9.30. The topological polar surface area (TPSA) is 67.8 Å². The molecule has 0 aliphatic carbocycles. The second-order valence-electron chi connectivity index (χ2n) is 5.60. The van der Waals surface area contributed by atoms with E-state index in [1.165, 1.54) is 5.56 Å². The fourth-order valence-corrected chi connectivity index (χ4v) is 2.58. The zero-order chi connectivity index (χ0) is 18.2. The number of ether oxygens (including phenoxy) is 2. The van der Waals surface area contributed by atoms with Crippen LogP contribution < -0.4 is 14.8 Å². The van der Waals surface area contributed by atoms with Crippen LogP contribution in [0.5, 0.6) is 11.5 Å². The van der Waals surface area contributed by atoms with Crippen molar-refractivity contribution in [3.63, 3.8) is 0 Å². The lowest BCUT2D eigenvalue weighted by Crippen LogP contribution is -2.22. The number of aliphatic carboxylic acids is 1. The van der Waals surface area contributed by atoms with E-state index in [9.17, 15) is 4.79 Å². The van der Waals surface area contributed by atoms with Crippen LogP contribution in [0.4, 0.5) is 0 Å². The summed E-state index contributed by atoms with van der Waals surface area (Å²) in [4.78, 5) is 10.6. The molecule has 2 aromatic rings. The third-order valence-corrected chi connectivity index (χ3v) is 3.83. The first-order valence-electron chi connectivity index (χ1n) is 8.05. The van der Waals surface area contributed by atoms with Gasteiger partial charge in [-0.25, -0.2) is 0 Å². The van der Waals surface area contributed by atoms with Crippen LogP contribution in [0, 0.1) is 6.92 Å². The van der Waals surface area contributed by atoms with Crippen molar-refractivity contribution in [1.82, 2.24) is 5.32 Å². The highest BCUT2D eigenvalue weighted by Crippen LogP contribution is 2.34. The molecule has 2 N–H and O–H groups in total. The lowest BCUT2D eigenvalue weighted by molar-refractivity contribution is -0.135. The molecule has 0 aliphatic heterocycles. The standard InChI is InChI=1S/C19H22ClNO4/c1-3-24-17-8-15(10-21-11-19(22)23)16(20)9-18(17)25-12-14-6-4-5-13(2)7-14/h4-9,21H,3,10-12H2,1-2H3,(H,22,23). The van der Waals surface area contributed by atoms with E-state index in [0.29, 0.717) is 36.3 Å². The fraction of sp³-hybridized carbons (Fsp3) is 0.316. The van der Waals surface area contributed by atoms with Crippen molar-refractivity contribution in [2.45, 2.75) is 27.0 Å². The van der Waals surface area contributed by atoms with Crippen LogP contribution in [-0.4, -0.2) is 24.2 Å².